The molecule has 0 unspecified atom stereocenters. The lowest BCUT2D eigenvalue weighted by atomic mass is 10.2. The van der Waals surface area contributed by atoms with Crippen molar-refractivity contribution in [2.45, 2.75) is 31.7 Å². The highest BCUT2D eigenvalue weighted by Crippen LogP contribution is 2.29. The Morgan fingerprint density at radius 2 is 1.79 bits per heavy atom. The molecule has 5 rings (SSSR count). The van der Waals surface area contributed by atoms with Crippen molar-refractivity contribution in [3.05, 3.63) is 45.1 Å². The largest absolute Gasteiger partial charge is 0.492 e. The van der Waals surface area contributed by atoms with Crippen molar-refractivity contribution in [3.63, 3.8) is 0 Å². The van der Waals surface area contributed by atoms with Gasteiger partial charge in [0.15, 0.2) is 17.0 Å². The molecule has 1 saturated heterocycles. The Morgan fingerprint density at radius 3 is 2.52 bits per heavy atom. The zero-order valence-corrected chi connectivity index (χ0v) is 18.8. The van der Waals surface area contributed by atoms with Crippen LogP contribution in [0.25, 0.3) is 22.6 Å². The Labute approximate surface area is 190 Å². The van der Waals surface area contributed by atoms with Crippen molar-refractivity contribution >= 4 is 11.2 Å². The molecule has 10 heteroatoms. The Kier molecular flexibility index (Phi) is 6.19. The highest BCUT2D eigenvalue weighted by Gasteiger charge is 2.24. The van der Waals surface area contributed by atoms with Gasteiger partial charge in [0.05, 0.1) is 13.2 Å². The SMILES string of the molecule is Cn1c(=O)c2nc(-c3ccc(OCCN4CCOCC4)cc3)nnc2n(C2CCCC2)c1=O. The summed E-state index contributed by atoms with van der Waals surface area (Å²) in [6, 6.07) is 7.46. The summed E-state index contributed by atoms with van der Waals surface area (Å²) in [6.07, 6.45) is 3.90. The number of rotatable bonds is 6. The Balaban J connectivity index is 1.37. The van der Waals surface area contributed by atoms with Gasteiger partial charge in [0, 0.05) is 38.3 Å². The van der Waals surface area contributed by atoms with E-state index in [1.54, 1.807) is 4.57 Å². The third-order valence-electron chi connectivity index (χ3n) is 6.48. The van der Waals surface area contributed by atoms with E-state index in [1.165, 1.54) is 7.05 Å². The molecule has 0 radical (unpaired) electrons. The number of hydrogen-bond acceptors (Lipinski definition) is 8. The molecule has 3 heterocycles. The molecule has 0 N–H and O–H groups in total. The predicted molar refractivity (Wildman–Crippen MR) is 123 cm³/mol. The van der Waals surface area contributed by atoms with Crippen molar-refractivity contribution < 1.29 is 9.47 Å². The molecule has 2 aromatic heterocycles. The van der Waals surface area contributed by atoms with E-state index in [-0.39, 0.29) is 22.9 Å². The molecule has 0 bridgehead atoms. The van der Waals surface area contributed by atoms with Crippen LogP contribution in [0, 0.1) is 0 Å². The summed E-state index contributed by atoms with van der Waals surface area (Å²) >= 11 is 0. The molecule has 2 aliphatic rings. The third kappa shape index (κ3) is 4.40. The van der Waals surface area contributed by atoms with E-state index in [2.05, 4.69) is 20.1 Å². The van der Waals surface area contributed by atoms with Gasteiger partial charge < -0.3 is 9.47 Å². The van der Waals surface area contributed by atoms with Crippen LogP contribution in [0.3, 0.4) is 0 Å². The molecular weight excluding hydrogens is 424 g/mol. The molecule has 174 valence electrons. The summed E-state index contributed by atoms with van der Waals surface area (Å²) in [7, 11) is 1.49. The molecule has 1 aromatic carbocycles. The van der Waals surface area contributed by atoms with Gasteiger partial charge in [-0.1, -0.05) is 12.8 Å². The number of fused-ring (bicyclic) bond motifs is 1. The van der Waals surface area contributed by atoms with E-state index in [0.717, 1.165) is 74.4 Å². The maximum Gasteiger partial charge on any atom is 0.332 e. The van der Waals surface area contributed by atoms with Gasteiger partial charge in [0.2, 0.25) is 0 Å². The predicted octanol–water partition coefficient (Wildman–Crippen LogP) is 1.38. The fraction of sp³-hybridized carbons (Fsp3) is 0.522. The van der Waals surface area contributed by atoms with Gasteiger partial charge in [0.25, 0.3) is 5.56 Å². The van der Waals surface area contributed by atoms with Gasteiger partial charge >= 0.3 is 5.69 Å². The van der Waals surface area contributed by atoms with E-state index in [4.69, 9.17) is 9.47 Å². The van der Waals surface area contributed by atoms with E-state index in [0.29, 0.717) is 12.4 Å². The van der Waals surface area contributed by atoms with Crippen molar-refractivity contribution in [2.75, 3.05) is 39.5 Å². The molecule has 3 aromatic rings. The van der Waals surface area contributed by atoms with Gasteiger partial charge in [-0.25, -0.2) is 9.78 Å². The zero-order chi connectivity index (χ0) is 22.8. The van der Waals surface area contributed by atoms with Crippen LogP contribution in [0.5, 0.6) is 5.75 Å². The fourth-order valence-electron chi connectivity index (χ4n) is 4.56. The Hall–Kier alpha value is -3.11. The average Bonchev–Trinajstić information content (AvgIpc) is 3.38. The molecule has 1 aliphatic heterocycles. The summed E-state index contributed by atoms with van der Waals surface area (Å²) in [5.74, 6) is 1.10. The molecule has 0 atom stereocenters. The second kappa shape index (κ2) is 9.40. The standard InChI is InChI=1S/C23H28N6O4/c1-27-22(30)19-21(29(23(27)31)17-4-2-3-5-17)26-25-20(24-19)16-6-8-18(9-7-16)33-15-12-28-10-13-32-14-11-28/h6-9,17H,2-5,10-15H2,1H3. The van der Waals surface area contributed by atoms with Crippen LogP contribution in [-0.2, 0) is 11.8 Å². The summed E-state index contributed by atoms with van der Waals surface area (Å²) in [6.45, 7) is 4.87. The average molecular weight is 453 g/mol. The lowest BCUT2D eigenvalue weighted by molar-refractivity contribution is 0.0322. The van der Waals surface area contributed by atoms with Crippen molar-refractivity contribution in [2.24, 2.45) is 7.05 Å². The minimum atomic E-state index is -0.455. The maximum atomic E-state index is 12.8. The van der Waals surface area contributed by atoms with Crippen molar-refractivity contribution in [1.29, 1.82) is 0 Å². The van der Waals surface area contributed by atoms with Gasteiger partial charge in [-0.3, -0.25) is 18.8 Å². The van der Waals surface area contributed by atoms with Gasteiger partial charge in [-0.2, -0.15) is 0 Å². The summed E-state index contributed by atoms with van der Waals surface area (Å²) < 4.78 is 13.9. The van der Waals surface area contributed by atoms with Crippen LogP contribution >= 0.6 is 0 Å². The molecule has 2 fully saturated rings. The van der Waals surface area contributed by atoms with Crippen molar-refractivity contribution in [3.8, 4) is 17.1 Å². The van der Waals surface area contributed by atoms with E-state index in [1.807, 2.05) is 24.3 Å². The van der Waals surface area contributed by atoms with E-state index >= 15 is 0 Å². The highest BCUT2D eigenvalue weighted by atomic mass is 16.5. The smallest absolute Gasteiger partial charge is 0.332 e. The van der Waals surface area contributed by atoms with Gasteiger partial charge in [0.1, 0.15) is 12.4 Å². The Bertz CT molecular complexity index is 1240. The lowest BCUT2D eigenvalue weighted by Gasteiger charge is -2.26. The van der Waals surface area contributed by atoms with Crippen molar-refractivity contribution in [1.82, 2.24) is 29.2 Å². The first-order chi connectivity index (χ1) is 16.1. The minimum Gasteiger partial charge on any atom is -0.492 e. The number of hydrogen-bond donors (Lipinski definition) is 0. The van der Waals surface area contributed by atoms with Gasteiger partial charge in [-0.15, -0.1) is 10.2 Å². The molecule has 1 aliphatic carbocycles. The molecule has 10 nitrogen and oxygen atoms in total. The highest BCUT2D eigenvalue weighted by molar-refractivity contribution is 5.71. The van der Waals surface area contributed by atoms with Crippen LogP contribution in [0.1, 0.15) is 31.7 Å². The molecule has 0 spiro atoms. The third-order valence-corrected chi connectivity index (χ3v) is 6.48. The number of benzene rings is 1. The number of ether oxygens (including phenoxy) is 2. The van der Waals surface area contributed by atoms with E-state index < -0.39 is 5.56 Å². The summed E-state index contributed by atoms with van der Waals surface area (Å²) in [4.78, 5) is 32.4. The first kappa shape index (κ1) is 21.7. The summed E-state index contributed by atoms with van der Waals surface area (Å²) in [5, 5.41) is 8.52. The fourth-order valence-corrected chi connectivity index (χ4v) is 4.56. The second-order valence-corrected chi connectivity index (χ2v) is 8.59. The van der Waals surface area contributed by atoms with Crippen LogP contribution < -0.4 is 16.0 Å². The Morgan fingerprint density at radius 1 is 1.06 bits per heavy atom. The quantitative estimate of drug-likeness (QED) is 0.553. The van der Waals surface area contributed by atoms with Crippen LogP contribution in [0.2, 0.25) is 0 Å². The number of aromatic nitrogens is 5. The van der Waals surface area contributed by atoms with Crippen LogP contribution in [0.15, 0.2) is 33.9 Å². The maximum absolute atomic E-state index is 12.8. The van der Waals surface area contributed by atoms with Crippen LogP contribution in [0.4, 0.5) is 0 Å². The number of morpholine rings is 1. The summed E-state index contributed by atoms with van der Waals surface area (Å²) in [5.41, 5.74) is 0.345. The number of nitrogens with zero attached hydrogens (tertiary/aromatic N) is 6. The first-order valence-electron chi connectivity index (χ1n) is 11.5. The molecule has 0 amide bonds. The zero-order valence-electron chi connectivity index (χ0n) is 18.8. The van der Waals surface area contributed by atoms with Crippen LogP contribution in [-0.4, -0.2) is 68.7 Å². The van der Waals surface area contributed by atoms with E-state index in [9.17, 15) is 9.59 Å². The lowest BCUT2D eigenvalue weighted by Crippen LogP contribution is -2.40. The second-order valence-electron chi connectivity index (χ2n) is 8.59. The van der Waals surface area contributed by atoms with Gasteiger partial charge in [-0.05, 0) is 37.1 Å². The first-order valence-corrected chi connectivity index (χ1v) is 11.5. The normalized spacial score (nSPS) is 17.6. The molecular formula is C23H28N6O4. The molecule has 33 heavy (non-hydrogen) atoms. The monoisotopic (exact) mass is 452 g/mol. The minimum absolute atomic E-state index is 0.0302. The molecule has 1 saturated carbocycles. The topological polar surface area (TPSA) is 104 Å².